The number of halogens is 1. The summed E-state index contributed by atoms with van der Waals surface area (Å²) in [4.78, 5) is 20.6. The number of rotatable bonds is 2. The van der Waals surface area contributed by atoms with Crippen molar-refractivity contribution in [1.82, 2.24) is 9.55 Å². The van der Waals surface area contributed by atoms with Crippen LogP contribution in [-0.4, -0.2) is 21.2 Å². The highest BCUT2D eigenvalue weighted by molar-refractivity contribution is 9.10. The summed E-state index contributed by atoms with van der Waals surface area (Å²) in [6.45, 7) is 0.337. The fourth-order valence-electron chi connectivity index (χ4n) is 2.94. The Morgan fingerprint density at radius 2 is 1.79 bits per heavy atom. The molecule has 1 amide bonds. The zero-order valence-corrected chi connectivity index (χ0v) is 14.2. The van der Waals surface area contributed by atoms with E-state index in [9.17, 15) is 4.79 Å². The number of aromatic nitrogens is 2. The van der Waals surface area contributed by atoms with Crippen LogP contribution in [-0.2, 0) is 6.54 Å². The van der Waals surface area contributed by atoms with Gasteiger partial charge in [-0.25, -0.2) is 4.98 Å². The molecule has 4 rings (SSSR count). The number of benzene rings is 2. The van der Waals surface area contributed by atoms with E-state index in [0.29, 0.717) is 12.2 Å². The summed E-state index contributed by atoms with van der Waals surface area (Å²) >= 11 is 3.60. The molecular formula is C18H13BrN4O. The van der Waals surface area contributed by atoms with E-state index in [1.165, 1.54) is 0 Å². The smallest absolute Gasteiger partial charge is 0.269 e. The van der Waals surface area contributed by atoms with Gasteiger partial charge in [0.2, 0.25) is 0 Å². The van der Waals surface area contributed by atoms with Gasteiger partial charge < -0.3 is 5.73 Å². The molecule has 1 aliphatic rings. The van der Waals surface area contributed by atoms with Crippen molar-refractivity contribution in [2.75, 3.05) is 0 Å². The summed E-state index contributed by atoms with van der Waals surface area (Å²) < 4.78 is 2.86. The van der Waals surface area contributed by atoms with Gasteiger partial charge in [-0.1, -0.05) is 52.3 Å². The summed E-state index contributed by atoms with van der Waals surface area (Å²) in [5, 5.41) is 0. The standard InChI is InChI=1S/C18H13BrN4O/c19-13-7-3-1-5-11(13)16-12-6-2-4-8-14(12)23-10-22-17(18(20)24)15(23)9-21-16/h1-8,10H,9H2,(H2,20,24). The summed E-state index contributed by atoms with van der Waals surface area (Å²) in [7, 11) is 0. The molecule has 0 unspecified atom stereocenters. The second-order valence-electron chi connectivity index (χ2n) is 5.44. The van der Waals surface area contributed by atoms with Crippen LogP contribution in [0.2, 0.25) is 0 Å². The lowest BCUT2D eigenvalue weighted by Gasteiger charge is -2.12. The summed E-state index contributed by atoms with van der Waals surface area (Å²) in [6, 6.07) is 15.9. The van der Waals surface area contributed by atoms with E-state index in [2.05, 4.69) is 20.9 Å². The number of para-hydroxylation sites is 1. The predicted molar refractivity (Wildman–Crippen MR) is 95.6 cm³/mol. The lowest BCUT2D eigenvalue weighted by molar-refractivity contribution is 0.0995. The van der Waals surface area contributed by atoms with Crippen LogP contribution in [0.3, 0.4) is 0 Å². The Balaban J connectivity index is 1.99. The number of aliphatic imine (C=N–C) groups is 1. The maximum absolute atomic E-state index is 11.7. The number of carbonyl (C=O) groups excluding carboxylic acids is 1. The molecule has 0 spiro atoms. The first-order valence-electron chi connectivity index (χ1n) is 7.42. The molecule has 0 aliphatic carbocycles. The van der Waals surface area contributed by atoms with E-state index < -0.39 is 5.91 Å². The average molecular weight is 381 g/mol. The molecule has 118 valence electrons. The first-order valence-corrected chi connectivity index (χ1v) is 8.21. The van der Waals surface area contributed by atoms with Gasteiger partial charge in [-0.05, 0) is 12.1 Å². The Morgan fingerprint density at radius 1 is 1.08 bits per heavy atom. The fraction of sp³-hybridized carbons (Fsp3) is 0.0556. The first-order chi connectivity index (χ1) is 11.7. The molecule has 0 fully saturated rings. The van der Waals surface area contributed by atoms with E-state index in [4.69, 9.17) is 10.7 Å². The van der Waals surface area contributed by atoms with Crippen molar-refractivity contribution in [3.63, 3.8) is 0 Å². The second kappa shape index (κ2) is 5.72. The molecule has 2 heterocycles. The Hall–Kier alpha value is -2.73. The van der Waals surface area contributed by atoms with Crippen LogP contribution in [0.5, 0.6) is 0 Å². The minimum absolute atomic E-state index is 0.266. The van der Waals surface area contributed by atoms with Crippen LogP contribution in [0.4, 0.5) is 0 Å². The minimum Gasteiger partial charge on any atom is -0.364 e. The number of fused-ring (bicyclic) bond motifs is 3. The quantitative estimate of drug-likeness (QED) is 0.741. The van der Waals surface area contributed by atoms with Gasteiger partial charge in [-0.15, -0.1) is 0 Å². The molecule has 0 radical (unpaired) electrons. The average Bonchev–Trinajstić information content (AvgIpc) is 2.94. The second-order valence-corrected chi connectivity index (χ2v) is 6.29. The van der Waals surface area contributed by atoms with Crippen molar-refractivity contribution in [2.45, 2.75) is 6.54 Å². The molecule has 2 aromatic carbocycles. The number of primary amides is 1. The SMILES string of the molecule is NC(=O)c1ncn2c1CN=C(c1ccccc1Br)c1ccccc1-2. The Bertz CT molecular complexity index is 990. The van der Waals surface area contributed by atoms with E-state index in [0.717, 1.165) is 27.0 Å². The van der Waals surface area contributed by atoms with Gasteiger partial charge in [0.15, 0.2) is 5.69 Å². The lowest BCUT2D eigenvalue weighted by Crippen LogP contribution is -2.14. The molecule has 0 saturated heterocycles. The van der Waals surface area contributed by atoms with Crippen LogP contribution in [0.15, 0.2) is 64.3 Å². The van der Waals surface area contributed by atoms with Gasteiger partial charge >= 0.3 is 0 Å². The molecule has 0 saturated carbocycles. The molecule has 1 aliphatic heterocycles. The van der Waals surface area contributed by atoms with Crippen molar-refractivity contribution in [3.8, 4) is 5.69 Å². The first kappa shape index (κ1) is 14.8. The monoisotopic (exact) mass is 380 g/mol. The topological polar surface area (TPSA) is 73.3 Å². The highest BCUT2D eigenvalue weighted by atomic mass is 79.9. The number of imidazole rings is 1. The van der Waals surface area contributed by atoms with Gasteiger partial charge in [0.25, 0.3) is 5.91 Å². The molecular weight excluding hydrogens is 368 g/mol. The summed E-state index contributed by atoms with van der Waals surface area (Å²) in [5.41, 5.74) is 10.2. The molecule has 6 heteroatoms. The summed E-state index contributed by atoms with van der Waals surface area (Å²) in [5.74, 6) is -0.541. The van der Waals surface area contributed by atoms with Gasteiger partial charge in [-0.3, -0.25) is 14.4 Å². The maximum Gasteiger partial charge on any atom is 0.269 e. The van der Waals surface area contributed by atoms with Gasteiger partial charge in [0.1, 0.15) is 6.33 Å². The maximum atomic E-state index is 11.7. The van der Waals surface area contributed by atoms with Gasteiger partial charge in [-0.2, -0.15) is 0 Å². The van der Waals surface area contributed by atoms with Crippen LogP contribution < -0.4 is 5.73 Å². The highest BCUT2D eigenvalue weighted by Crippen LogP contribution is 2.28. The van der Waals surface area contributed by atoms with E-state index >= 15 is 0 Å². The normalized spacial score (nSPS) is 12.8. The molecule has 3 aromatic rings. The van der Waals surface area contributed by atoms with Crippen LogP contribution in [0.1, 0.15) is 27.3 Å². The molecule has 1 aromatic heterocycles. The number of amides is 1. The minimum atomic E-state index is -0.541. The Kier molecular flexibility index (Phi) is 3.54. The van der Waals surface area contributed by atoms with Crippen LogP contribution in [0.25, 0.3) is 5.69 Å². The third-order valence-electron chi connectivity index (χ3n) is 4.03. The molecule has 0 atom stereocenters. The number of carbonyl (C=O) groups is 1. The molecule has 0 bridgehead atoms. The van der Waals surface area contributed by atoms with Crippen molar-refractivity contribution >= 4 is 27.5 Å². The zero-order valence-electron chi connectivity index (χ0n) is 12.6. The van der Waals surface area contributed by atoms with E-state index in [1.54, 1.807) is 6.33 Å². The third kappa shape index (κ3) is 2.27. The van der Waals surface area contributed by atoms with Crippen molar-refractivity contribution in [2.24, 2.45) is 10.7 Å². The van der Waals surface area contributed by atoms with E-state index in [1.807, 2.05) is 53.1 Å². The lowest BCUT2D eigenvalue weighted by atomic mass is 10.0. The number of hydrogen-bond acceptors (Lipinski definition) is 3. The van der Waals surface area contributed by atoms with Gasteiger partial charge in [0, 0.05) is 15.6 Å². The molecule has 24 heavy (non-hydrogen) atoms. The van der Waals surface area contributed by atoms with Crippen LogP contribution in [0, 0.1) is 0 Å². The number of nitrogens with two attached hydrogens (primary N) is 1. The van der Waals surface area contributed by atoms with Crippen molar-refractivity contribution in [3.05, 3.63) is 81.8 Å². The van der Waals surface area contributed by atoms with Gasteiger partial charge in [0.05, 0.1) is 23.6 Å². The summed E-state index contributed by atoms with van der Waals surface area (Å²) in [6.07, 6.45) is 1.63. The predicted octanol–water partition coefficient (Wildman–Crippen LogP) is 3.08. The van der Waals surface area contributed by atoms with Crippen molar-refractivity contribution < 1.29 is 4.79 Å². The van der Waals surface area contributed by atoms with E-state index in [-0.39, 0.29) is 5.69 Å². The van der Waals surface area contributed by atoms with Crippen LogP contribution >= 0.6 is 15.9 Å². The number of nitrogens with zero attached hydrogens (tertiary/aromatic N) is 3. The Labute approximate surface area is 147 Å². The fourth-order valence-corrected chi connectivity index (χ4v) is 3.42. The van der Waals surface area contributed by atoms with Crippen molar-refractivity contribution in [1.29, 1.82) is 0 Å². The largest absolute Gasteiger partial charge is 0.364 e. The zero-order chi connectivity index (χ0) is 16.7. The molecule has 2 N–H and O–H groups in total. The highest BCUT2D eigenvalue weighted by Gasteiger charge is 2.23. The molecule has 5 nitrogen and oxygen atoms in total. The number of hydrogen-bond donors (Lipinski definition) is 1. The Morgan fingerprint density at radius 3 is 2.54 bits per heavy atom. The third-order valence-corrected chi connectivity index (χ3v) is 4.73.